The molecule has 0 radical (unpaired) electrons. The summed E-state index contributed by atoms with van der Waals surface area (Å²) in [4.78, 5) is 0. The van der Waals surface area contributed by atoms with Crippen molar-refractivity contribution in [3.63, 3.8) is 0 Å². The van der Waals surface area contributed by atoms with Crippen LogP contribution in [0.2, 0.25) is 0 Å². The zero-order valence-electron chi connectivity index (χ0n) is 7.43. The van der Waals surface area contributed by atoms with Gasteiger partial charge >= 0.3 is 0 Å². The molecule has 0 spiro atoms. The van der Waals surface area contributed by atoms with Crippen molar-refractivity contribution in [1.82, 2.24) is 0 Å². The number of hydrogen-bond acceptors (Lipinski definition) is 1. The molecule has 1 aliphatic carbocycles. The third-order valence-electron chi connectivity index (χ3n) is 2.16. The monoisotopic (exact) mass is 162 g/mol. The van der Waals surface area contributed by atoms with Gasteiger partial charge in [-0.1, -0.05) is 5.92 Å². The van der Waals surface area contributed by atoms with Crippen molar-refractivity contribution >= 4 is 0 Å². The van der Waals surface area contributed by atoms with Gasteiger partial charge in [-0.3, -0.25) is 0 Å². The molecule has 1 heteroatoms. The summed E-state index contributed by atoms with van der Waals surface area (Å²) in [5, 5.41) is 8.62. The van der Waals surface area contributed by atoms with Gasteiger partial charge in [0.25, 0.3) is 0 Å². The highest BCUT2D eigenvalue weighted by Crippen LogP contribution is 2.45. The largest absolute Gasteiger partial charge is 0.396 e. The Labute approximate surface area is 73.8 Å². The summed E-state index contributed by atoms with van der Waals surface area (Å²) >= 11 is 0. The highest BCUT2D eigenvalue weighted by Gasteiger charge is 2.37. The average molecular weight is 162 g/mol. The SMILES string of the molecule is C#CC1(C=C=C(C)CCO)CC1. The fourth-order valence-electron chi connectivity index (χ4n) is 0.966. The summed E-state index contributed by atoms with van der Waals surface area (Å²) in [5.74, 6) is 2.76. The third-order valence-corrected chi connectivity index (χ3v) is 2.16. The molecule has 1 fully saturated rings. The maximum Gasteiger partial charge on any atom is 0.0565 e. The van der Waals surface area contributed by atoms with Gasteiger partial charge in [-0.2, -0.15) is 0 Å². The Hall–Kier alpha value is -0.960. The second-order valence-corrected chi connectivity index (χ2v) is 3.34. The van der Waals surface area contributed by atoms with E-state index in [2.05, 4.69) is 11.7 Å². The number of aliphatic hydroxyl groups is 1. The molecule has 0 aromatic carbocycles. The minimum atomic E-state index is 0.0106. The molecule has 0 aliphatic heterocycles. The van der Waals surface area contributed by atoms with Gasteiger partial charge in [0.1, 0.15) is 0 Å². The molecule has 0 unspecified atom stereocenters. The molecule has 0 amide bonds. The number of hydrogen-bond donors (Lipinski definition) is 1. The standard InChI is InChI=1S/C11H14O/c1-3-11(7-8-11)6-4-10(2)5-9-12/h1,6,12H,5,7-9H2,2H3. The second kappa shape index (κ2) is 3.63. The van der Waals surface area contributed by atoms with Crippen LogP contribution in [0.3, 0.4) is 0 Å². The lowest BCUT2D eigenvalue weighted by molar-refractivity contribution is 0.299. The van der Waals surface area contributed by atoms with Gasteiger partial charge in [-0.05, 0) is 37.8 Å². The van der Waals surface area contributed by atoms with Crippen LogP contribution in [-0.2, 0) is 0 Å². The Morgan fingerprint density at radius 1 is 1.67 bits per heavy atom. The maximum absolute atomic E-state index is 8.62. The molecule has 12 heavy (non-hydrogen) atoms. The van der Waals surface area contributed by atoms with Gasteiger partial charge < -0.3 is 5.11 Å². The lowest BCUT2D eigenvalue weighted by Gasteiger charge is -1.95. The van der Waals surface area contributed by atoms with Crippen molar-refractivity contribution in [2.24, 2.45) is 5.41 Å². The van der Waals surface area contributed by atoms with E-state index in [1.807, 2.05) is 13.0 Å². The molecule has 1 rings (SSSR count). The van der Waals surface area contributed by atoms with Gasteiger partial charge in [0.15, 0.2) is 0 Å². The highest BCUT2D eigenvalue weighted by molar-refractivity contribution is 5.25. The summed E-state index contributed by atoms with van der Waals surface area (Å²) in [5.41, 5.74) is 4.21. The van der Waals surface area contributed by atoms with Crippen LogP contribution < -0.4 is 0 Å². The Morgan fingerprint density at radius 3 is 2.75 bits per heavy atom. The van der Waals surface area contributed by atoms with E-state index in [1.165, 1.54) is 0 Å². The van der Waals surface area contributed by atoms with Gasteiger partial charge in [0.05, 0.1) is 5.41 Å². The summed E-state index contributed by atoms with van der Waals surface area (Å²) in [7, 11) is 0. The van der Waals surface area contributed by atoms with Gasteiger partial charge in [0, 0.05) is 6.61 Å². The summed E-state index contributed by atoms with van der Waals surface area (Å²) < 4.78 is 0. The van der Waals surface area contributed by atoms with E-state index in [0.717, 1.165) is 18.4 Å². The third kappa shape index (κ3) is 2.27. The van der Waals surface area contributed by atoms with E-state index in [1.54, 1.807) is 0 Å². The molecular weight excluding hydrogens is 148 g/mol. The summed E-state index contributed by atoms with van der Waals surface area (Å²) in [6.07, 6.45) is 10.2. The van der Waals surface area contributed by atoms with Crippen molar-refractivity contribution in [3.8, 4) is 12.3 Å². The predicted octanol–water partition coefficient (Wildman–Crippen LogP) is 1.88. The van der Waals surface area contributed by atoms with E-state index < -0.39 is 0 Å². The van der Waals surface area contributed by atoms with E-state index in [4.69, 9.17) is 11.5 Å². The van der Waals surface area contributed by atoms with Gasteiger partial charge in [-0.15, -0.1) is 12.2 Å². The zero-order valence-corrected chi connectivity index (χ0v) is 7.43. The van der Waals surface area contributed by atoms with Gasteiger partial charge in [-0.25, -0.2) is 0 Å². The molecule has 0 aromatic rings. The Balaban J connectivity index is 2.60. The van der Waals surface area contributed by atoms with Crippen LogP contribution >= 0.6 is 0 Å². The van der Waals surface area contributed by atoms with Crippen molar-refractivity contribution in [2.45, 2.75) is 26.2 Å². The molecule has 0 atom stereocenters. The molecule has 1 aliphatic rings. The van der Waals surface area contributed by atoms with E-state index in [0.29, 0.717) is 6.42 Å². The van der Waals surface area contributed by atoms with Crippen molar-refractivity contribution < 1.29 is 5.11 Å². The number of rotatable bonds is 3. The quantitative estimate of drug-likeness (QED) is 0.496. The molecule has 1 nitrogen and oxygen atoms in total. The summed E-state index contributed by atoms with van der Waals surface area (Å²) in [6, 6.07) is 0. The van der Waals surface area contributed by atoms with E-state index in [9.17, 15) is 0 Å². The molecule has 64 valence electrons. The van der Waals surface area contributed by atoms with Crippen molar-refractivity contribution in [1.29, 1.82) is 0 Å². The first-order chi connectivity index (χ1) is 5.72. The molecule has 0 aromatic heterocycles. The average Bonchev–Trinajstić information content (AvgIpc) is 2.82. The predicted molar refractivity (Wildman–Crippen MR) is 49.5 cm³/mol. The molecule has 0 bridgehead atoms. The van der Waals surface area contributed by atoms with E-state index >= 15 is 0 Å². The zero-order chi connectivity index (χ0) is 9.03. The number of aliphatic hydroxyl groups excluding tert-OH is 1. The molecule has 0 saturated heterocycles. The van der Waals surface area contributed by atoms with Gasteiger partial charge in [0.2, 0.25) is 0 Å². The normalized spacial score (nSPS) is 17.4. The molecule has 1 N–H and O–H groups in total. The molecule has 0 heterocycles. The fourth-order valence-corrected chi connectivity index (χ4v) is 0.966. The topological polar surface area (TPSA) is 20.2 Å². The van der Waals surface area contributed by atoms with Crippen LogP contribution in [0.5, 0.6) is 0 Å². The Morgan fingerprint density at radius 2 is 2.33 bits per heavy atom. The molecule has 1 saturated carbocycles. The minimum absolute atomic E-state index is 0.0106. The first kappa shape index (κ1) is 9.13. The molecular formula is C11H14O. The number of terminal acetylenes is 1. The lowest BCUT2D eigenvalue weighted by atomic mass is 10.1. The lowest BCUT2D eigenvalue weighted by Crippen LogP contribution is -1.87. The first-order valence-corrected chi connectivity index (χ1v) is 4.24. The fraction of sp³-hybridized carbons (Fsp3) is 0.545. The first-order valence-electron chi connectivity index (χ1n) is 4.24. The van der Waals surface area contributed by atoms with Crippen molar-refractivity contribution in [2.75, 3.05) is 6.61 Å². The maximum atomic E-state index is 8.62. The Bertz CT molecular complexity index is 257. The van der Waals surface area contributed by atoms with Crippen LogP contribution in [0.25, 0.3) is 0 Å². The van der Waals surface area contributed by atoms with Crippen LogP contribution in [0, 0.1) is 17.8 Å². The van der Waals surface area contributed by atoms with E-state index in [-0.39, 0.29) is 12.0 Å². The highest BCUT2D eigenvalue weighted by atomic mass is 16.2. The smallest absolute Gasteiger partial charge is 0.0565 e. The summed E-state index contributed by atoms with van der Waals surface area (Å²) in [6.45, 7) is 2.15. The van der Waals surface area contributed by atoms with Crippen LogP contribution in [0.1, 0.15) is 26.2 Å². The second-order valence-electron chi connectivity index (χ2n) is 3.34. The van der Waals surface area contributed by atoms with Crippen LogP contribution in [0.15, 0.2) is 17.4 Å². The minimum Gasteiger partial charge on any atom is -0.396 e. The van der Waals surface area contributed by atoms with Crippen molar-refractivity contribution in [3.05, 3.63) is 17.4 Å². The Kier molecular flexibility index (Phi) is 2.76. The van der Waals surface area contributed by atoms with Crippen LogP contribution in [-0.4, -0.2) is 11.7 Å². The van der Waals surface area contributed by atoms with Crippen LogP contribution in [0.4, 0.5) is 0 Å².